The Balaban J connectivity index is 1.46. The fraction of sp³-hybridized carbons (Fsp3) is 0.524. The van der Waals surface area contributed by atoms with Gasteiger partial charge in [0.2, 0.25) is 5.91 Å². The summed E-state index contributed by atoms with van der Waals surface area (Å²) in [6.45, 7) is 4.13. The number of hydrogen-bond acceptors (Lipinski definition) is 7. The van der Waals surface area contributed by atoms with Crippen molar-refractivity contribution in [3.8, 4) is 0 Å². The number of ether oxygens (including phenoxy) is 1. The van der Waals surface area contributed by atoms with Crippen LogP contribution in [-0.4, -0.2) is 34.2 Å². The van der Waals surface area contributed by atoms with Gasteiger partial charge in [0.25, 0.3) is 0 Å². The van der Waals surface area contributed by atoms with Crippen LogP contribution in [0.25, 0.3) is 0 Å². The van der Waals surface area contributed by atoms with E-state index < -0.39 is 0 Å². The van der Waals surface area contributed by atoms with Gasteiger partial charge in [0.05, 0.1) is 17.9 Å². The number of anilines is 1. The maximum absolute atomic E-state index is 12.6. The molecular formula is C21H25N3O3S2. The van der Waals surface area contributed by atoms with Crippen molar-refractivity contribution in [2.24, 2.45) is 0 Å². The summed E-state index contributed by atoms with van der Waals surface area (Å²) < 4.78 is 5.25. The second kappa shape index (κ2) is 8.83. The summed E-state index contributed by atoms with van der Waals surface area (Å²) in [6, 6.07) is 0. The van der Waals surface area contributed by atoms with Crippen LogP contribution in [0.3, 0.4) is 0 Å². The predicted octanol–water partition coefficient (Wildman–Crippen LogP) is 4.12. The third kappa shape index (κ3) is 4.33. The van der Waals surface area contributed by atoms with Crippen LogP contribution >= 0.6 is 23.1 Å². The van der Waals surface area contributed by atoms with Gasteiger partial charge in [0.1, 0.15) is 5.00 Å². The highest BCUT2D eigenvalue weighted by Gasteiger charge is 2.27. The zero-order valence-electron chi connectivity index (χ0n) is 16.8. The number of aromatic nitrogens is 2. The maximum atomic E-state index is 12.6. The largest absolute Gasteiger partial charge is 0.462 e. The molecule has 2 aliphatic rings. The van der Waals surface area contributed by atoms with Gasteiger partial charge in [-0.2, -0.15) is 0 Å². The Morgan fingerprint density at radius 3 is 2.72 bits per heavy atom. The number of esters is 1. The molecular weight excluding hydrogens is 406 g/mol. The number of amides is 1. The summed E-state index contributed by atoms with van der Waals surface area (Å²) >= 11 is 2.85. The quantitative estimate of drug-likeness (QED) is 0.421. The summed E-state index contributed by atoms with van der Waals surface area (Å²) in [6.07, 6.45) is 7.17. The van der Waals surface area contributed by atoms with E-state index in [0.29, 0.717) is 22.3 Å². The Morgan fingerprint density at radius 1 is 1.10 bits per heavy atom. The lowest BCUT2D eigenvalue weighted by Crippen LogP contribution is -2.17. The van der Waals surface area contributed by atoms with Crippen LogP contribution < -0.4 is 5.32 Å². The van der Waals surface area contributed by atoms with Gasteiger partial charge in [-0.1, -0.05) is 11.8 Å². The minimum Gasteiger partial charge on any atom is -0.462 e. The molecule has 0 saturated carbocycles. The van der Waals surface area contributed by atoms with E-state index in [0.717, 1.165) is 61.9 Å². The number of nitrogens with zero attached hydrogens (tertiary/aromatic N) is 2. The topological polar surface area (TPSA) is 81.2 Å². The number of thioether (sulfide) groups is 1. The second-order valence-electron chi connectivity index (χ2n) is 7.34. The zero-order valence-corrected chi connectivity index (χ0v) is 18.4. The first-order chi connectivity index (χ1) is 14.1. The molecule has 1 amide bonds. The molecule has 0 saturated heterocycles. The molecule has 0 aliphatic heterocycles. The summed E-state index contributed by atoms with van der Waals surface area (Å²) in [5.74, 6) is -0.281. The number of nitrogens with one attached hydrogen (secondary N) is 1. The molecule has 0 radical (unpaired) electrons. The van der Waals surface area contributed by atoms with Crippen LogP contribution in [0, 0.1) is 6.92 Å². The van der Waals surface area contributed by atoms with Crippen molar-refractivity contribution in [2.45, 2.75) is 63.9 Å². The highest BCUT2D eigenvalue weighted by molar-refractivity contribution is 7.99. The van der Waals surface area contributed by atoms with E-state index in [2.05, 4.69) is 15.3 Å². The minimum absolute atomic E-state index is 0.152. The second-order valence-corrected chi connectivity index (χ2v) is 9.39. The van der Waals surface area contributed by atoms with Crippen molar-refractivity contribution in [1.29, 1.82) is 0 Å². The van der Waals surface area contributed by atoms with Crippen molar-refractivity contribution in [1.82, 2.24) is 9.97 Å². The molecule has 8 heteroatoms. The molecule has 0 spiro atoms. The lowest BCUT2D eigenvalue weighted by molar-refractivity contribution is -0.113. The normalized spacial score (nSPS) is 15.0. The molecule has 29 heavy (non-hydrogen) atoms. The molecule has 0 unspecified atom stereocenters. The molecule has 0 bridgehead atoms. The Kier molecular flexibility index (Phi) is 6.20. The van der Waals surface area contributed by atoms with Gasteiger partial charge in [-0.3, -0.25) is 4.79 Å². The van der Waals surface area contributed by atoms with E-state index in [1.807, 2.05) is 6.92 Å². The number of hydrogen-bond donors (Lipinski definition) is 1. The van der Waals surface area contributed by atoms with Crippen LogP contribution in [0.15, 0.2) is 5.16 Å². The molecule has 1 N–H and O–H groups in total. The average Bonchev–Trinajstić information content (AvgIpc) is 3.31. The Bertz CT molecular complexity index is 955. The van der Waals surface area contributed by atoms with Crippen LogP contribution in [0.1, 0.15) is 63.9 Å². The van der Waals surface area contributed by atoms with E-state index in [-0.39, 0.29) is 17.6 Å². The SMILES string of the molecule is CCOC(=O)c1c(NC(=O)CSc2nc(C)c3c(n2)CCC3)sc2c1CCCC2. The first-order valence-corrected chi connectivity index (χ1v) is 12.0. The predicted molar refractivity (Wildman–Crippen MR) is 115 cm³/mol. The number of aryl methyl sites for hydroxylation is 3. The molecule has 2 aromatic heterocycles. The fourth-order valence-corrected chi connectivity index (χ4v) is 6.02. The van der Waals surface area contributed by atoms with E-state index in [9.17, 15) is 9.59 Å². The van der Waals surface area contributed by atoms with Gasteiger partial charge >= 0.3 is 5.97 Å². The van der Waals surface area contributed by atoms with Gasteiger partial charge in [0, 0.05) is 16.3 Å². The summed E-state index contributed by atoms with van der Waals surface area (Å²) in [7, 11) is 0. The van der Waals surface area contributed by atoms with E-state index in [1.165, 1.54) is 33.5 Å². The van der Waals surface area contributed by atoms with Gasteiger partial charge in [0.15, 0.2) is 5.16 Å². The summed E-state index contributed by atoms with van der Waals surface area (Å²) in [5.41, 5.74) is 5.01. The fourth-order valence-electron chi connectivity index (χ4n) is 4.02. The zero-order chi connectivity index (χ0) is 20.4. The van der Waals surface area contributed by atoms with Gasteiger partial charge in [-0.15, -0.1) is 11.3 Å². The standard InChI is InChI=1S/C21H25N3O3S2/c1-3-27-20(26)18-14-7-4-5-10-16(14)29-19(18)24-17(25)11-28-21-22-12(2)13-8-6-9-15(13)23-21/h3-11H2,1-2H3,(H,24,25). The molecule has 0 atom stereocenters. The minimum atomic E-state index is -0.340. The van der Waals surface area contributed by atoms with Crippen molar-refractivity contribution in [3.05, 3.63) is 33.0 Å². The number of thiophene rings is 1. The van der Waals surface area contributed by atoms with Crippen LogP contribution in [0.4, 0.5) is 5.00 Å². The van der Waals surface area contributed by atoms with Crippen LogP contribution in [-0.2, 0) is 35.2 Å². The van der Waals surface area contributed by atoms with Crippen LogP contribution in [0.5, 0.6) is 0 Å². The number of rotatable bonds is 6. The third-order valence-corrected chi connectivity index (χ3v) is 7.41. The van der Waals surface area contributed by atoms with Crippen molar-refractivity contribution >= 4 is 40.0 Å². The van der Waals surface area contributed by atoms with Gasteiger partial charge in [-0.25, -0.2) is 14.8 Å². The Hall–Kier alpha value is -1.93. The average molecular weight is 432 g/mol. The van der Waals surface area contributed by atoms with Crippen molar-refractivity contribution in [2.75, 3.05) is 17.7 Å². The molecule has 0 fully saturated rings. The number of carbonyl (C=O) groups excluding carboxylic acids is 2. The van der Waals surface area contributed by atoms with E-state index in [1.54, 1.807) is 6.92 Å². The van der Waals surface area contributed by atoms with Crippen molar-refractivity contribution < 1.29 is 14.3 Å². The lowest BCUT2D eigenvalue weighted by Gasteiger charge is -2.12. The summed E-state index contributed by atoms with van der Waals surface area (Å²) in [5, 5.41) is 4.21. The molecule has 4 rings (SSSR count). The monoisotopic (exact) mass is 431 g/mol. The molecule has 2 heterocycles. The molecule has 2 aliphatic carbocycles. The number of fused-ring (bicyclic) bond motifs is 2. The van der Waals surface area contributed by atoms with Gasteiger partial charge in [-0.05, 0) is 69.9 Å². The first-order valence-electron chi connectivity index (χ1n) is 10.2. The lowest BCUT2D eigenvalue weighted by atomic mass is 9.95. The third-order valence-electron chi connectivity index (χ3n) is 5.36. The summed E-state index contributed by atoms with van der Waals surface area (Å²) in [4.78, 5) is 35.5. The highest BCUT2D eigenvalue weighted by Crippen LogP contribution is 2.38. The Morgan fingerprint density at radius 2 is 1.90 bits per heavy atom. The van der Waals surface area contributed by atoms with E-state index in [4.69, 9.17) is 4.74 Å². The first kappa shape index (κ1) is 20.3. The molecule has 2 aromatic rings. The molecule has 6 nitrogen and oxygen atoms in total. The van der Waals surface area contributed by atoms with Gasteiger partial charge < -0.3 is 10.1 Å². The Labute approximate surface area is 178 Å². The highest BCUT2D eigenvalue weighted by atomic mass is 32.2. The van der Waals surface area contributed by atoms with Crippen LogP contribution in [0.2, 0.25) is 0 Å². The molecule has 154 valence electrons. The number of carbonyl (C=O) groups is 2. The van der Waals surface area contributed by atoms with Crippen molar-refractivity contribution in [3.63, 3.8) is 0 Å². The maximum Gasteiger partial charge on any atom is 0.341 e. The smallest absolute Gasteiger partial charge is 0.341 e. The molecule has 0 aromatic carbocycles. The van der Waals surface area contributed by atoms with E-state index >= 15 is 0 Å².